The molecule has 19 heavy (non-hydrogen) atoms. The van der Waals surface area contributed by atoms with Crippen LogP contribution in [-0.4, -0.2) is 26.5 Å². The molecule has 0 aliphatic heterocycles. The van der Waals surface area contributed by atoms with Crippen LogP contribution in [0.15, 0.2) is 24.7 Å². The van der Waals surface area contributed by atoms with E-state index in [0.29, 0.717) is 5.82 Å². The van der Waals surface area contributed by atoms with E-state index < -0.39 is 0 Å². The van der Waals surface area contributed by atoms with Crippen LogP contribution in [0.4, 0.5) is 5.82 Å². The van der Waals surface area contributed by atoms with Crippen molar-refractivity contribution in [3.05, 3.63) is 30.4 Å². The molecule has 0 atom stereocenters. The van der Waals surface area contributed by atoms with Crippen molar-refractivity contribution in [2.75, 3.05) is 11.9 Å². The van der Waals surface area contributed by atoms with Gasteiger partial charge in [-0.2, -0.15) is 0 Å². The molecule has 2 aromatic rings. The normalized spacial score (nSPS) is 11.4. The van der Waals surface area contributed by atoms with Crippen LogP contribution < -0.4 is 5.32 Å². The van der Waals surface area contributed by atoms with Crippen molar-refractivity contribution in [1.29, 1.82) is 0 Å². The molecular formula is C14H19N5. The Morgan fingerprint density at radius 2 is 2.00 bits per heavy atom. The van der Waals surface area contributed by atoms with Gasteiger partial charge in [0.25, 0.3) is 0 Å². The Hall–Kier alpha value is -2.04. The maximum absolute atomic E-state index is 4.62. The van der Waals surface area contributed by atoms with Gasteiger partial charge in [0.1, 0.15) is 17.8 Å². The summed E-state index contributed by atoms with van der Waals surface area (Å²) in [5.41, 5.74) is 1.70. The highest BCUT2D eigenvalue weighted by Crippen LogP contribution is 2.24. The lowest BCUT2D eigenvalue weighted by molar-refractivity contribution is 0.568. The van der Waals surface area contributed by atoms with Crippen LogP contribution in [0.5, 0.6) is 0 Å². The zero-order chi connectivity index (χ0) is 13.9. The summed E-state index contributed by atoms with van der Waals surface area (Å²) in [4.78, 5) is 17.2. The Labute approximate surface area is 113 Å². The summed E-state index contributed by atoms with van der Waals surface area (Å²) in [7, 11) is 0. The molecule has 2 aromatic heterocycles. The Balaban J connectivity index is 2.52. The standard InChI is InChI=1S/C14H19N5/c1-5-16-12-8-11(14(2,3)4)18-13(19-12)10-6-7-15-9-17-10/h6-9H,5H2,1-4H3,(H,16,18,19). The summed E-state index contributed by atoms with van der Waals surface area (Å²) < 4.78 is 0. The first-order valence-corrected chi connectivity index (χ1v) is 6.40. The van der Waals surface area contributed by atoms with Crippen LogP contribution >= 0.6 is 0 Å². The second-order valence-corrected chi connectivity index (χ2v) is 5.34. The fourth-order valence-electron chi connectivity index (χ4n) is 1.64. The molecule has 0 aromatic carbocycles. The molecule has 2 heterocycles. The SMILES string of the molecule is CCNc1cc(C(C)(C)C)nc(-c2ccncn2)n1. The molecule has 0 saturated carbocycles. The fourth-order valence-corrected chi connectivity index (χ4v) is 1.64. The molecule has 0 bridgehead atoms. The van der Waals surface area contributed by atoms with Gasteiger partial charge in [0.05, 0.1) is 5.69 Å². The van der Waals surface area contributed by atoms with Gasteiger partial charge in [-0.15, -0.1) is 0 Å². The van der Waals surface area contributed by atoms with Gasteiger partial charge < -0.3 is 5.32 Å². The molecule has 5 heteroatoms. The van der Waals surface area contributed by atoms with E-state index in [2.05, 4.69) is 46.0 Å². The van der Waals surface area contributed by atoms with Crippen LogP contribution in [0.3, 0.4) is 0 Å². The Morgan fingerprint density at radius 3 is 2.58 bits per heavy atom. The van der Waals surface area contributed by atoms with E-state index in [1.165, 1.54) is 6.33 Å². The second-order valence-electron chi connectivity index (χ2n) is 5.34. The third-order valence-corrected chi connectivity index (χ3v) is 2.66. The summed E-state index contributed by atoms with van der Waals surface area (Å²) in [5.74, 6) is 1.46. The lowest BCUT2D eigenvalue weighted by atomic mass is 9.92. The van der Waals surface area contributed by atoms with Crippen LogP contribution in [0.25, 0.3) is 11.5 Å². The van der Waals surface area contributed by atoms with E-state index in [-0.39, 0.29) is 5.41 Å². The highest BCUT2D eigenvalue weighted by Gasteiger charge is 2.18. The lowest BCUT2D eigenvalue weighted by Crippen LogP contribution is -2.16. The van der Waals surface area contributed by atoms with Crippen molar-refractivity contribution in [3.63, 3.8) is 0 Å². The number of nitrogens with zero attached hydrogens (tertiary/aromatic N) is 4. The first-order valence-electron chi connectivity index (χ1n) is 6.40. The minimum atomic E-state index is -0.0328. The van der Waals surface area contributed by atoms with Crippen molar-refractivity contribution in [2.45, 2.75) is 33.1 Å². The first kappa shape index (κ1) is 13.4. The number of hydrogen-bond acceptors (Lipinski definition) is 5. The molecular weight excluding hydrogens is 238 g/mol. The van der Waals surface area contributed by atoms with Crippen molar-refractivity contribution in [3.8, 4) is 11.5 Å². The molecule has 0 radical (unpaired) electrons. The quantitative estimate of drug-likeness (QED) is 0.915. The predicted molar refractivity (Wildman–Crippen MR) is 75.9 cm³/mol. The molecule has 0 spiro atoms. The van der Waals surface area contributed by atoms with Crippen molar-refractivity contribution < 1.29 is 0 Å². The summed E-state index contributed by atoms with van der Waals surface area (Å²) >= 11 is 0. The smallest absolute Gasteiger partial charge is 0.180 e. The van der Waals surface area contributed by atoms with Crippen molar-refractivity contribution in [1.82, 2.24) is 19.9 Å². The summed E-state index contributed by atoms with van der Waals surface area (Å²) in [6, 6.07) is 3.81. The van der Waals surface area contributed by atoms with Gasteiger partial charge in [-0.25, -0.2) is 19.9 Å². The number of hydrogen-bond donors (Lipinski definition) is 1. The van der Waals surface area contributed by atoms with E-state index in [9.17, 15) is 0 Å². The molecule has 5 nitrogen and oxygen atoms in total. The van der Waals surface area contributed by atoms with Gasteiger partial charge in [-0.1, -0.05) is 20.8 Å². The average Bonchev–Trinajstić information content (AvgIpc) is 2.39. The van der Waals surface area contributed by atoms with Gasteiger partial charge in [-0.05, 0) is 13.0 Å². The van der Waals surface area contributed by atoms with E-state index in [1.54, 1.807) is 6.20 Å². The minimum absolute atomic E-state index is 0.0328. The van der Waals surface area contributed by atoms with E-state index in [1.807, 2.05) is 19.1 Å². The second kappa shape index (κ2) is 5.30. The molecule has 1 N–H and O–H groups in total. The third-order valence-electron chi connectivity index (χ3n) is 2.66. The summed E-state index contributed by atoms with van der Waals surface area (Å²) in [5, 5.41) is 3.24. The monoisotopic (exact) mass is 257 g/mol. The Bertz CT molecular complexity index is 546. The van der Waals surface area contributed by atoms with E-state index in [0.717, 1.165) is 23.8 Å². The van der Waals surface area contributed by atoms with Crippen LogP contribution in [0.2, 0.25) is 0 Å². The van der Waals surface area contributed by atoms with Gasteiger partial charge >= 0.3 is 0 Å². The maximum atomic E-state index is 4.62. The van der Waals surface area contributed by atoms with Crippen LogP contribution in [0, 0.1) is 0 Å². The third kappa shape index (κ3) is 3.24. The van der Waals surface area contributed by atoms with E-state index >= 15 is 0 Å². The molecule has 0 aliphatic rings. The van der Waals surface area contributed by atoms with E-state index in [4.69, 9.17) is 0 Å². The summed E-state index contributed by atoms with van der Waals surface area (Å²) in [6.45, 7) is 9.27. The first-order chi connectivity index (χ1) is 9.00. The average molecular weight is 257 g/mol. The molecule has 0 saturated heterocycles. The molecule has 100 valence electrons. The molecule has 0 fully saturated rings. The van der Waals surface area contributed by atoms with Crippen LogP contribution in [0.1, 0.15) is 33.4 Å². The highest BCUT2D eigenvalue weighted by atomic mass is 15.0. The van der Waals surface area contributed by atoms with Crippen molar-refractivity contribution in [2.24, 2.45) is 0 Å². The Morgan fingerprint density at radius 1 is 1.21 bits per heavy atom. The van der Waals surface area contributed by atoms with Gasteiger partial charge in [0.2, 0.25) is 0 Å². The summed E-state index contributed by atoms with van der Waals surface area (Å²) in [6.07, 6.45) is 3.21. The minimum Gasteiger partial charge on any atom is -0.370 e. The number of anilines is 1. The molecule has 0 aliphatic carbocycles. The maximum Gasteiger partial charge on any atom is 0.180 e. The van der Waals surface area contributed by atoms with Gasteiger partial charge in [0.15, 0.2) is 5.82 Å². The Kier molecular flexibility index (Phi) is 3.74. The number of nitrogens with one attached hydrogen (secondary N) is 1. The van der Waals surface area contributed by atoms with Gasteiger partial charge in [-0.3, -0.25) is 0 Å². The number of rotatable bonds is 3. The highest BCUT2D eigenvalue weighted by molar-refractivity contribution is 5.53. The molecule has 0 unspecified atom stereocenters. The van der Waals surface area contributed by atoms with Crippen LogP contribution in [-0.2, 0) is 5.41 Å². The fraction of sp³-hybridized carbons (Fsp3) is 0.429. The lowest BCUT2D eigenvalue weighted by Gasteiger charge is -2.19. The van der Waals surface area contributed by atoms with Crippen molar-refractivity contribution >= 4 is 5.82 Å². The molecule has 0 amide bonds. The van der Waals surface area contributed by atoms with Gasteiger partial charge in [0, 0.05) is 24.2 Å². The number of aromatic nitrogens is 4. The molecule has 2 rings (SSSR count). The zero-order valence-corrected chi connectivity index (χ0v) is 11.8. The largest absolute Gasteiger partial charge is 0.370 e. The predicted octanol–water partition coefficient (Wildman–Crippen LogP) is 2.66. The zero-order valence-electron chi connectivity index (χ0n) is 11.8. The topological polar surface area (TPSA) is 63.6 Å².